The molecule has 2 heterocycles. The summed E-state index contributed by atoms with van der Waals surface area (Å²) in [5.74, 6) is -0.501. The number of carbonyl (C=O) groups is 3. The molecule has 0 unspecified atom stereocenters. The van der Waals surface area contributed by atoms with Gasteiger partial charge in [0.2, 0.25) is 17.6 Å². The van der Waals surface area contributed by atoms with E-state index >= 15 is 0 Å². The lowest BCUT2D eigenvalue weighted by molar-refractivity contribution is -0.140. The molecule has 0 radical (unpaired) electrons. The first-order valence-corrected chi connectivity index (χ1v) is 13.5. The van der Waals surface area contributed by atoms with Crippen molar-refractivity contribution in [2.75, 3.05) is 13.6 Å². The Balaban J connectivity index is 1.47. The quantitative estimate of drug-likeness (QED) is 0.384. The second kappa shape index (κ2) is 12.2. The maximum Gasteiger partial charge on any atom is 0.243 e. The Morgan fingerprint density at radius 3 is 2.56 bits per heavy atom. The highest BCUT2D eigenvalue weighted by Gasteiger charge is 2.38. The third kappa shape index (κ3) is 5.99. The van der Waals surface area contributed by atoms with Crippen molar-refractivity contribution in [3.05, 3.63) is 65.2 Å². The number of hydrogen-bond donors (Lipinski definition) is 2. The molecule has 0 spiro atoms. The molecule has 3 atom stereocenters. The molecule has 2 amide bonds. The minimum absolute atomic E-state index is 0.0818. The van der Waals surface area contributed by atoms with E-state index in [-0.39, 0.29) is 17.6 Å². The number of benzene rings is 2. The molecule has 190 valence electrons. The van der Waals surface area contributed by atoms with Crippen LogP contribution in [0.3, 0.4) is 0 Å². The lowest BCUT2D eigenvalue weighted by Crippen LogP contribution is -2.54. The van der Waals surface area contributed by atoms with Gasteiger partial charge < -0.3 is 15.5 Å². The molecule has 0 aliphatic carbocycles. The van der Waals surface area contributed by atoms with Crippen LogP contribution in [0.2, 0.25) is 0 Å². The number of para-hydroxylation sites is 1. The monoisotopic (exact) mass is 506 g/mol. The van der Waals surface area contributed by atoms with Crippen LogP contribution in [0.25, 0.3) is 10.2 Å². The van der Waals surface area contributed by atoms with Gasteiger partial charge in [0.1, 0.15) is 6.04 Å². The lowest BCUT2D eigenvalue weighted by atomic mass is 10.0. The van der Waals surface area contributed by atoms with Crippen LogP contribution >= 0.6 is 11.3 Å². The van der Waals surface area contributed by atoms with Crippen LogP contribution in [0.15, 0.2) is 54.6 Å². The Morgan fingerprint density at radius 1 is 1.08 bits per heavy atom. The zero-order valence-electron chi connectivity index (χ0n) is 20.9. The molecule has 1 saturated heterocycles. The number of fused-ring (bicyclic) bond motifs is 1. The van der Waals surface area contributed by atoms with Crippen LogP contribution in [-0.4, -0.2) is 59.2 Å². The van der Waals surface area contributed by atoms with Gasteiger partial charge in [-0.05, 0) is 50.4 Å². The van der Waals surface area contributed by atoms with Gasteiger partial charge in [-0.2, -0.15) is 0 Å². The average Bonchev–Trinajstić information content (AvgIpc) is 3.57. The van der Waals surface area contributed by atoms with Crippen molar-refractivity contribution in [2.45, 2.75) is 63.6 Å². The van der Waals surface area contributed by atoms with E-state index < -0.39 is 18.1 Å². The summed E-state index contributed by atoms with van der Waals surface area (Å²) < 4.78 is 0.950. The molecule has 1 aromatic heterocycles. The van der Waals surface area contributed by atoms with Crippen molar-refractivity contribution in [1.82, 2.24) is 20.5 Å². The number of hydrogen-bond acceptors (Lipinski definition) is 6. The number of amides is 2. The van der Waals surface area contributed by atoms with Crippen molar-refractivity contribution < 1.29 is 14.4 Å². The number of thiazole rings is 1. The molecular weight excluding hydrogens is 472 g/mol. The normalized spacial score (nSPS) is 17.2. The number of likely N-dealkylation sites (tertiary alicyclic amines) is 1. The van der Waals surface area contributed by atoms with Gasteiger partial charge in [-0.3, -0.25) is 14.4 Å². The van der Waals surface area contributed by atoms with E-state index in [0.717, 1.165) is 35.0 Å². The number of likely N-dealkylation sites (N-methyl/N-ethyl adjacent to an activating group) is 1. The van der Waals surface area contributed by atoms with Crippen LogP contribution in [0.5, 0.6) is 0 Å². The smallest absolute Gasteiger partial charge is 0.243 e. The predicted octanol–water partition coefficient (Wildman–Crippen LogP) is 3.98. The summed E-state index contributed by atoms with van der Waals surface area (Å²) in [6.45, 7) is 2.60. The van der Waals surface area contributed by atoms with Crippen molar-refractivity contribution in [3.63, 3.8) is 0 Å². The van der Waals surface area contributed by atoms with E-state index in [1.807, 2.05) is 54.6 Å². The van der Waals surface area contributed by atoms with Crippen LogP contribution < -0.4 is 10.6 Å². The number of ketones is 1. The number of unbranched alkanes of at least 4 members (excludes halogenated alkanes) is 1. The summed E-state index contributed by atoms with van der Waals surface area (Å²) in [4.78, 5) is 46.4. The SMILES string of the molecule is CCCC[C@H](NC(=O)[C@@H]1CCCN1C(=O)[C@@H](Cc1ccccc1)NC)C(=O)c1nc2ccccc2s1. The molecule has 4 rings (SSSR count). The Kier molecular flexibility index (Phi) is 8.83. The van der Waals surface area contributed by atoms with Crippen LogP contribution in [0.1, 0.15) is 54.4 Å². The molecule has 2 N–H and O–H groups in total. The highest BCUT2D eigenvalue weighted by Crippen LogP contribution is 2.24. The molecule has 2 aromatic carbocycles. The minimum Gasteiger partial charge on any atom is -0.344 e. The molecule has 8 heteroatoms. The number of Topliss-reactive ketones (excluding diaryl/α,β-unsaturated/α-hetero) is 1. The molecule has 1 aliphatic rings. The first kappa shape index (κ1) is 26.0. The van der Waals surface area contributed by atoms with E-state index in [9.17, 15) is 14.4 Å². The number of nitrogens with zero attached hydrogens (tertiary/aromatic N) is 2. The van der Waals surface area contributed by atoms with E-state index in [2.05, 4.69) is 22.5 Å². The molecule has 7 nitrogen and oxygen atoms in total. The predicted molar refractivity (Wildman–Crippen MR) is 143 cm³/mol. The summed E-state index contributed by atoms with van der Waals surface area (Å²) in [5, 5.41) is 6.53. The Bertz CT molecular complexity index is 1160. The lowest BCUT2D eigenvalue weighted by Gasteiger charge is -2.29. The second-order valence-corrected chi connectivity index (χ2v) is 10.3. The van der Waals surface area contributed by atoms with Crippen LogP contribution in [-0.2, 0) is 16.0 Å². The number of rotatable bonds is 11. The highest BCUT2D eigenvalue weighted by atomic mass is 32.1. The van der Waals surface area contributed by atoms with Gasteiger partial charge in [0, 0.05) is 6.54 Å². The molecule has 36 heavy (non-hydrogen) atoms. The summed E-state index contributed by atoms with van der Waals surface area (Å²) in [6.07, 6.45) is 4.18. The van der Waals surface area contributed by atoms with Crippen molar-refractivity contribution >= 4 is 39.2 Å². The van der Waals surface area contributed by atoms with Crippen molar-refractivity contribution in [2.24, 2.45) is 0 Å². The fourth-order valence-corrected chi connectivity index (χ4v) is 5.70. The van der Waals surface area contributed by atoms with E-state index in [1.165, 1.54) is 11.3 Å². The van der Waals surface area contributed by atoms with Gasteiger partial charge in [-0.1, -0.05) is 62.2 Å². The maximum absolute atomic E-state index is 13.4. The standard InChI is InChI=1S/C28H34N4O3S/c1-3-4-13-21(25(33)27-31-20-14-8-9-16-24(20)36-27)30-26(34)23-15-10-17-32(23)28(35)22(29-2)18-19-11-6-5-7-12-19/h5-9,11-12,14,16,21-23,29H,3-4,10,13,15,17-18H2,1-2H3,(H,30,34)/t21-,22+,23-/m0/s1. The summed E-state index contributed by atoms with van der Waals surface area (Å²) in [7, 11) is 1.77. The largest absolute Gasteiger partial charge is 0.344 e. The maximum atomic E-state index is 13.4. The molecule has 0 saturated carbocycles. The van der Waals surface area contributed by atoms with Crippen LogP contribution in [0.4, 0.5) is 0 Å². The molecule has 0 bridgehead atoms. The van der Waals surface area contributed by atoms with Gasteiger partial charge in [0.05, 0.1) is 22.3 Å². The molecule has 1 aliphatic heterocycles. The van der Waals surface area contributed by atoms with Gasteiger partial charge in [0.15, 0.2) is 5.01 Å². The van der Waals surface area contributed by atoms with E-state index in [0.29, 0.717) is 30.8 Å². The zero-order valence-corrected chi connectivity index (χ0v) is 21.7. The van der Waals surface area contributed by atoms with Gasteiger partial charge in [0.25, 0.3) is 0 Å². The molecule has 3 aromatic rings. The summed E-state index contributed by atoms with van der Waals surface area (Å²) >= 11 is 1.35. The fraction of sp³-hybridized carbons (Fsp3) is 0.429. The van der Waals surface area contributed by atoms with E-state index in [1.54, 1.807) is 11.9 Å². The summed E-state index contributed by atoms with van der Waals surface area (Å²) in [5.41, 5.74) is 1.85. The fourth-order valence-electron chi connectivity index (χ4n) is 4.74. The number of nitrogens with one attached hydrogen (secondary N) is 2. The number of aromatic nitrogens is 1. The Hall–Kier alpha value is -3.10. The van der Waals surface area contributed by atoms with Crippen LogP contribution in [0, 0.1) is 0 Å². The Morgan fingerprint density at radius 2 is 1.83 bits per heavy atom. The first-order valence-electron chi connectivity index (χ1n) is 12.7. The third-order valence-corrected chi connectivity index (χ3v) is 7.80. The first-order chi connectivity index (χ1) is 17.5. The Labute approximate surface area is 216 Å². The zero-order chi connectivity index (χ0) is 25.5. The average molecular weight is 507 g/mol. The van der Waals surface area contributed by atoms with E-state index in [4.69, 9.17) is 0 Å². The minimum atomic E-state index is -0.653. The number of carbonyl (C=O) groups excluding carboxylic acids is 3. The third-order valence-electron chi connectivity index (χ3n) is 6.75. The van der Waals surface area contributed by atoms with Gasteiger partial charge >= 0.3 is 0 Å². The van der Waals surface area contributed by atoms with Crippen molar-refractivity contribution in [3.8, 4) is 0 Å². The molecular formula is C28H34N4O3S. The second-order valence-electron chi connectivity index (χ2n) is 9.28. The summed E-state index contributed by atoms with van der Waals surface area (Å²) in [6, 6.07) is 15.9. The highest BCUT2D eigenvalue weighted by molar-refractivity contribution is 7.20. The van der Waals surface area contributed by atoms with Gasteiger partial charge in [-0.15, -0.1) is 11.3 Å². The molecule has 1 fully saturated rings. The topological polar surface area (TPSA) is 91.4 Å². The van der Waals surface area contributed by atoms with Crippen molar-refractivity contribution in [1.29, 1.82) is 0 Å². The van der Waals surface area contributed by atoms with Gasteiger partial charge in [-0.25, -0.2) is 4.98 Å².